The minimum atomic E-state index is -3.22. The second-order valence-corrected chi connectivity index (χ2v) is 8.25. The molecule has 104 valence electrons. The van der Waals surface area contributed by atoms with E-state index in [4.69, 9.17) is 5.26 Å². The van der Waals surface area contributed by atoms with E-state index in [0.717, 1.165) is 17.3 Å². The normalized spacial score (nSPS) is 12.1. The third-order valence-corrected chi connectivity index (χ3v) is 5.21. The second kappa shape index (κ2) is 6.53. The smallest absolute Gasteiger partial charge is 0.178 e. The van der Waals surface area contributed by atoms with Gasteiger partial charge in [-0.3, -0.25) is 0 Å². The van der Waals surface area contributed by atoms with Gasteiger partial charge in [0.2, 0.25) is 0 Å². The molecule has 3 nitrogen and oxygen atoms in total. The molecule has 1 aromatic rings. The average molecular weight is 344 g/mol. The van der Waals surface area contributed by atoms with Crippen LogP contribution in [0.15, 0.2) is 33.6 Å². The van der Waals surface area contributed by atoms with Gasteiger partial charge in [0, 0.05) is 4.47 Å². The minimum absolute atomic E-state index is 0.130. The van der Waals surface area contributed by atoms with Gasteiger partial charge in [-0.15, -0.1) is 0 Å². The van der Waals surface area contributed by atoms with Gasteiger partial charge in [-0.2, -0.15) is 5.26 Å². The van der Waals surface area contributed by atoms with E-state index in [1.165, 1.54) is 0 Å². The van der Waals surface area contributed by atoms with E-state index in [9.17, 15) is 8.42 Å². The van der Waals surface area contributed by atoms with Crippen molar-refractivity contribution in [2.45, 2.75) is 38.0 Å². The third kappa shape index (κ3) is 5.33. The van der Waals surface area contributed by atoms with Gasteiger partial charge in [0.25, 0.3) is 0 Å². The summed E-state index contributed by atoms with van der Waals surface area (Å²) >= 11 is 3.27. The van der Waals surface area contributed by atoms with Crippen molar-refractivity contribution in [1.82, 2.24) is 0 Å². The molecule has 0 radical (unpaired) electrons. The Morgan fingerprint density at radius 3 is 2.58 bits per heavy atom. The Morgan fingerprint density at radius 2 is 2.00 bits per heavy atom. The van der Waals surface area contributed by atoms with Gasteiger partial charge in [-0.1, -0.05) is 28.4 Å². The summed E-state index contributed by atoms with van der Waals surface area (Å²) in [6, 6.07) is 8.97. The fourth-order valence-corrected chi connectivity index (χ4v) is 3.66. The first kappa shape index (κ1) is 16.2. The first-order valence-electron chi connectivity index (χ1n) is 6.16. The summed E-state index contributed by atoms with van der Waals surface area (Å²) < 4.78 is 24.9. The van der Waals surface area contributed by atoms with Gasteiger partial charge in [0.1, 0.15) is 0 Å². The van der Waals surface area contributed by atoms with Gasteiger partial charge in [0.15, 0.2) is 9.84 Å². The monoisotopic (exact) mass is 343 g/mol. The van der Waals surface area contributed by atoms with Gasteiger partial charge < -0.3 is 0 Å². The highest BCUT2D eigenvalue weighted by atomic mass is 79.9. The molecule has 1 aromatic carbocycles. The van der Waals surface area contributed by atoms with Crippen LogP contribution in [-0.4, -0.2) is 14.2 Å². The van der Waals surface area contributed by atoms with Crippen molar-refractivity contribution in [1.29, 1.82) is 5.26 Å². The maximum atomic E-state index is 12.1. The summed E-state index contributed by atoms with van der Waals surface area (Å²) in [6.45, 7) is 3.74. The molecule has 0 saturated heterocycles. The lowest BCUT2D eigenvalue weighted by molar-refractivity contribution is 0.431. The lowest BCUT2D eigenvalue weighted by Gasteiger charge is -2.14. The number of nitrogens with zero attached hydrogens (tertiary/aromatic N) is 1. The summed E-state index contributed by atoms with van der Waals surface area (Å²) in [5.74, 6) is 0.130. The number of halogens is 1. The molecule has 0 spiro atoms. The number of rotatable bonds is 6. The van der Waals surface area contributed by atoms with E-state index in [-0.39, 0.29) is 11.2 Å². The summed E-state index contributed by atoms with van der Waals surface area (Å²) in [7, 11) is -3.22. The summed E-state index contributed by atoms with van der Waals surface area (Å²) in [6.07, 6.45) is 2.05. The van der Waals surface area contributed by atoms with Crippen LogP contribution in [0.2, 0.25) is 0 Å². The van der Waals surface area contributed by atoms with E-state index in [0.29, 0.717) is 11.3 Å². The molecule has 0 aliphatic carbocycles. The maximum absolute atomic E-state index is 12.1. The molecule has 0 aromatic heterocycles. The topological polar surface area (TPSA) is 57.9 Å². The zero-order valence-corrected chi connectivity index (χ0v) is 13.6. The zero-order valence-electron chi connectivity index (χ0n) is 11.2. The van der Waals surface area contributed by atoms with Gasteiger partial charge >= 0.3 is 0 Å². The van der Waals surface area contributed by atoms with Crippen LogP contribution < -0.4 is 0 Å². The molecular formula is C14H18BrNO2S. The largest absolute Gasteiger partial charge is 0.224 e. The Bertz CT molecular complexity index is 573. The number of unbranched alkanes of at least 4 members (excludes halogenated alkanes) is 1. The van der Waals surface area contributed by atoms with E-state index >= 15 is 0 Å². The fraction of sp³-hybridized carbons (Fsp3) is 0.500. The van der Waals surface area contributed by atoms with E-state index < -0.39 is 9.84 Å². The minimum Gasteiger partial charge on any atom is -0.224 e. The molecule has 0 heterocycles. The van der Waals surface area contributed by atoms with Gasteiger partial charge in [-0.05, 0) is 44.9 Å². The van der Waals surface area contributed by atoms with Gasteiger partial charge in [0.05, 0.1) is 22.1 Å². The van der Waals surface area contributed by atoms with Crippen LogP contribution in [-0.2, 0) is 9.84 Å². The van der Waals surface area contributed by atoms with Crippen LogP contribution in [0.25, 0.3) is 0 Å². The number of nitriles is 1. The van der Waals surface area contributed by atoms with Crippen LogP contribution in [0.1, 0.15) is 33.1 Å². The number of hydrogen-bond donors (Lipinski definition) is 0. The molecule has 0 fully saturated rings. The number of benzene rings is 1. The first-order valence-corrected chi connectivity index (χ1v) is 8.61. The Labute approximate surface area is 123 Å². The molecule has 0 unspecified atom stereocenters. The molecule has 0 atom stereocenters. The highest BCUT2D eigenvalue weighted by Gasteiger charge is 2.18. The summed E-state index contributed by atoms with van der Waals surface area (Å²) in [5, 5.41) is 8.89. The predicted molar refractivity (Wildman–Crippen MR) is 79.4 cm³/mol. The maximum Gasteiger partial charge on any atom is 0.178 e. The highest BCUT2D eigenvalue weighted by Crippen LogP contribution is 2.23. The lowest BCUT2D eigenvalue weighted by Crippen LogP contribution is -2.10. The highest BCUT2D eigenvalue weighted by molar-refractivity contribution is 9.10. The molecule has 0 saturated carbocycles. The lowest BCUT2D eigenvalue weighted by atomic mass is 9.89. The van der Waals surface area contributed by atoms with Gasteiger partial charge in [-0.25, -0.2) is 8.42 Å². The van der Waals surface area contributed by atoms with Crippen molar-refractivity contribution in [3.8, 4) is 6.07 Å². The predicted octanol–water partition coefficient (Wildman–Crippen LogP) is 3.94. The van der Waals surface area contributed by atoms with Crippen molar-refractivity contribution in [3.05, 3.63) is 28.7 Å². The SMILES string of the molecule is CC(C)(C#N)CCCCS(=O)(=O)c1cccc(Br)c1. The van der Waals surface area contributed by atoms with E-state index in [2.05, 4.69) is 22.0 Å². The Hall–Kier alpha value is -0.860. The van der Waals surface area contributed by atoms with Crippen LogP contribution >= 0.6 is 15.9 Å². The zero-order chi connectivity index (χ0) is 14.5. The van der Waals surface area contributed by atoms with Crippen molar-refractivity contribution < 1.29 is 8.42 Å². The van der Waals surface area contributed by atoms with Crippen LogP contribution in [0.3, 0.4) is 0 Å². The number of hydrogen-bond acceptors (Lipinski definition) is 3. The molecule has 0 bridgehead atoms. The summed E-state index contributed by atoms with van der Waals surface area (Å²) in [4.78, 5) is 0.349. The average Bonchev–Trinajstić information content (AvgIpc) is 2.35. The Morgan fingerprint density at radius 1 is 1.32 bits per heavy atom. The van der Waals surface area contributed by atoms with E-state index in [1.54, 1.807) is 24.3 Å². The third-order valence-electron chi connectivity index (χ3n) is 2.92. The van der Waals surface area contributed by atoms with Crippen molar-refractivity contribution in [3.63, 3.8) is 0 Å². The Balaban J connectivity index is 2.56. The molecular weight excluding hydrogens is 326 g/mol. The second-order valence-electron chi connectivity index (χ2n) is 5.23. The molecule has 5 heteroatoms. The van der Waals surface area contributed by atoms with Crippen molar-refractivity contribution in [2.24, 2.45) is 5.41 Å². The van der Waals surface area contributed by atoms with Crippen molar-refractivity contribution >= 4 is 25.8 Å². The quantitative estimate of drug-likeness (QED) is 0.735. The first-order chi connectivity index (χ1) is 8.77. The number of sulfone groups is 1. The molecule has 0 N–H and O–H groups in total. The molecule has 19 heavy (non-hydrogen) atoms. The van der Waals surface area contributed by atoms with Crippen LogP contribution in [0.4, 0.5) is 0 Å². The van der Waals surface area contributed by atoms with E-state index in [1.807, 2.05) is 13.8 Å². The van der Waals surface area contributed by atoms with Crippen LogP contribution in [0.5, 0.6) is 0 Å². The standard InChI is InChI=1S/C14H18BrNO2S/c1-14(2,11-16)8-3-4-9-19(17,18)13-7-5-6-12(15)10-13/h5-7,10H,3-4,8-9H2,1-2H3. The summed E-state index contributed by atoms with van der Waals surface area (Å²) in [5.41, 5.74) is -0.375. The molecule has 0 aliphatic heterocycles. The Kier molecular flexibility index (Phi) is 5.57. The fourth-order valence-electron chi connectivity index (χ4n) is 1.69. The van der Waals surface area contributed by atoms with Crippen molar-refractivity contribution in [2.75, 3.05) is 5.75 Å². The molecule has 0 amide bonds. The molecule has 0 aliphatic rings. The van der Waals surface area contributed by atoms with Crippen LogP contribution in [0, 0.1) is 16.7 Å². The molecule has 1 rings (SSSR count).